The molecule has 1 aromatic heterocycles. The smallest absolute Gasteiger partial charge is 0.0842 e. The molecule has 0 spiro atoms. The first-order valence-electron chi connectivity index (χ1n) is 7.73. The zero-order chi connectivity index (χ0) is 15.2. The van der Waals surface area contributed by atoms with Crippen LogP contribution in [0.4, 0.5) is 0 Å². The van der Waals surface area contributed by atoms with E-state index >= 15 is 0 Å². The van der Waals surface area contributed by atoms with Gasteiger partial charge in [-0.1, -0.05) is 35.9 Å². The standard InChI is InChI=1S/C17H26N4/c1-5-8-18-16(11-17-12-21(4)20-19-17)10-15-9-13(2)6-7-14(15)3/h6-7,9,12,16,18H,5,8,10-11H2,1-4H3. The van der Waals surface area contributed by atoms with E-state index in [1.54, 1.807) is 4.68 Å². The number of benzene rings is 1. The molecule has 0 bridgehead atoms. The summed E-state index contributed by atoms with van der Waals surface area (Å²) in [4.78, 5) is 0. The third-order valence-corrected chi connectivity index (χ3v) is 3.76. The molecule has 0 fully saturated rings. The number of hydrogen-bond acceptors (Lipinski definition) is 3. The number of rotatable bonds is 7. The van der Waals surface area contributed by atoms with Crippen LogP contribution < -0.4 is 5.32 Å². The molecule has 4 heteroatoms. The van der Waals surface area contributed by atoms with Crippen LogP contribution in [0.1, 0.15) is 35.7 Å². The maximum Gasteiger partial charge on any atom is 0.0842 e. The van der Waals surface area contributed by atoms with Gasteiger partial charge in [0.25, 0.3) is 0 Å². The van der Waals surface area contributed by atoms with Crippen LogP contribution in [-0.2, 0) is 19.9 Å². The third kappa shape index (κ3) is 4.67. The summed E-state index contributed by atoms with van der Waals surface area (Å²) in [7, 11) is 1.91. The van der Waals surface area contributed by atoms with Gasteiger partial charge in [0.05, 0.1) is 5.69 Å². The minimum Gasteiger partial charge on any atom is -0.313 e. The predicted octanol–water partition coefficient (Wildman–Crippen LogP) is 2.59. The largest absolute Gasteiger partial charge is 0.313 e. The van der Waals surface area contributed by atoms with Crippen molar-refractivity contribution in [1.29, 1.82) is 0 Å². The molecule has 0 aliphatic heterocycles. The van der Waals surface area contributed by atoms with Crippen LogP contribution in [0.25, 0.3) is 0 Å². The van der Waals surface area contributed by atoms with E-state index in [1.807, 2.05) is 13.2 Å². The average Bonchev–Trinajstić information content (AvgIpc) is 2.85. The van der Waals surface area contributed by atoms with Crippen molar-refractivity contribution in [2.45, 2.75) is 46.1 Å². The van der Waals surface area contributed by atoms with E-state index in [9.17, 15) is 0 Å². The second-order valence-electron chi connectivity index (χ2n) is 5.87. The third-order valence-electron chi connectivity index (χ3n) is 3.76. The van der Waals surface area contributed by atoms with Crippen LogP contribution in [-0.4, -0.2) is 27.6 Å². The number of nitrogens with zero attached hydrogens (tertiary/aromatic N) is 3. The van der Waals surface area contributed by atoms with Crippen molar-refractivity contribution in [3.8, 4) is 0 Å². The molecule has 1 heterocycles. The summed E-state index contributed by atoms with van der Waals surface area (Å²) < 4.78 is 1.77. The zero-order valence-electron chi connectivity index (χ0n) is 13.6. The fourth-order valence-corrected chi connectivity index (χ4v) is 2.59. The summed E-state index contributed by atoms with van der Waals surface area (Å²) in [5, 5.41) is 11.9. The van der Waals surface area contributed by atoms with Crippen molar-refractivity contribution in [2.24, 2.45) is 7.05 Å². The van der Waals surface area contributed by atoms with Gasteiger partial charge in [0.1, 0.15) is 0 Å². The van der Waals surface area contributed by atoms with E-state index < -0.39 is 0 Å². The minimum absolute atomic E-state index is 0.405. The quantitative estimate of drug-likeness (QED) is 0.850. The van der Waals surface area contributed by atoms with Crippen LogP contribution in [0.2, 0.25) is 0 Å². The number of aryl methyl sites for hydroxylation is 3. The normalized spacial score (nSPS) is 12.6. The van der Waals surface area contributed by atoms with E-state index in [0.29, 0.717) is 6.04 Å². The van der Waals surface area contributed by atoms with Gasteiger partial charge < -0.3 is 5.32 Å². The Labute approximate surface area is 127 Å². The van der Waals surface area contributed by atoms with E-state index in [0.717, 1.165) is 31.5 Å². The fraction of sp³-hybridized carbons (Fsp3) is 0.529. The van der Waals surface area contributed by atoms with Gasteiger partial charge in [0.2, 0.25) is 0 Å². The van der Waals surface area contributed by atoms with Crippen LogP contribution >= 0.6 is 0 Å². The van der Waals surface area contributed by atoms with Gasteiger partial charge in [-0.15, -0.1) is 5.10 Å². The van der Waals surface area contributed by atoms with Gasteiger partial charge in [-0.25, -0.2) is 0 Å². The topological polar surface area (TPSA) is 42.7 Å². The Morgan fingerprint density at radius 3 is 2.71 bits per heavy atom. The zero-order valence-corrected chi connectivity index (χ0v) is 13.6. The maximum absolute atomic E-state index is 4.22. The minimum atomic E-state index is 0.405. The Morgan fingerprint density at radius 1 is 1.24 bits per heavy atom. The fourth-order valence-electron chi connectivity index (χ4n) is 2.59. The van der Waals surface area contributed by atoms with Crippen LogP contribution in [0, 0.1) is 13.8 Å². The molecular formula is C17H26N4. The van der Waals surface area contributed by atoms with Gasteiger partial charge in [0, 0.05) is 25.7 Å². The number of nitrogens with one attached hydrogen (secondary N) is 1. The highest BCUT2D eigenvalue weighted by atomic mass is 15.4. The lowest BCUT2D eigenvalue weighted by molar-refractivity contribution is 0.499. The van der Waals surface area contributed by atoms with Crippen LogP contribution in [0.5, 0.6) is 0 Å². The SMILES string of the molecule is CCCNC(Cc1cn(C)nn1)Cc1cc(C)ccc1C. The van der Waals surface area contributed by atoms with Gasteiger partial charge in [0.15, 0.2) is 0 Å². The molecule has 0 saturated carbocycles. The van der Waals surface area contributed by atoms with E-state index in [2.05, 4.69) is 54.6 Å². The summed E-state index contributed by atoms with van der Waals surface area (Å²) in [6.45, 7) is 7.58. The lowest BCUT2D eigenvalue weighted by Gasteiger charge is -2.19. The van der Waals surface area contributed by atoms with Crippen molar-refractivity contribution in [3.05, 3.63) is 46.8 Å². The molecule has 1 aromatic carbocycles. The Morgan fingerprint density at radius 2 is 2.05 bits per heavy atom. The highest BCUT2D eigenvalue weighted by molar-refractivity contribution is 5.31. The molecule has 4 nitrogen and oxygen atoms in total. The number of hydrogen-bond donors (Lipinski definition) is 1. The van der Waals surface area contributed by atoms with E-state index in [-0.39, 0.29) is 0 Å². The monoisotopic (exact) mass is 286 g/mol. The molecule has 0 aliphatic carbocycles. The van der Waals surface area contributed by atoms with Crippen molar-refractivity contribution in [3.63, 3.8) is 0 Å². The van der Waals surface area contributed by atoms with Crippen molar-refractivity contribution in [2.75, 3.05) is 6.54 Å². The Kier molecular flexibility index (Phi) is 5.51. The van der Waals surface area contributed by atoms with Gasteiger partial charge in [-0.3, -0.25) is 4.68 Å². The van der Waals surface area contributed by atoms with E-state index in [1.165, 1.54) is 16.7 Å². The molecule has 1 N–H and O–H groups in total. The van der Waals surface area contributed by atoms with Crippen molar-refractivity contribution in [1.82, 2.24) is 20.3 Å². The Hall–Kier alpha value is -1.68. The molecular weight excluding hydrogens is 260 g/mol. The molecule has 114 valence electrons. The highest BCUT2D eigenvalue weighted by Crippen LogP contribution is 2.14. The molecule has 2 rings (SSSR count). The first kappa shape index (κ1) is 15.7. The maximum atomic E-state index is 4.22. The second-order valence-corrected chi connectivity index (χ2v) is 5.87. The summed E-state index contributed by atoms with van der Waals surface area (Å²) in [6, 6.07) is 7.09. The van der Waals surface area contributed by atoms with Gasteiger partial charge in [-0.2, -0.15) is 0 Å². The van der Waals surface area contributed by atoms with Crippen molar-refractivity contribution >= 4 is 0 Å². The molecule has 21 heavy (non-hydrogen) atoms. The first-order chi connectivity index (χ1) is 10.1. The van der Waals surface area contributed by atoms with Gasteiger partial charge >= 0.3 is 0 Å². The second kappa shape index (κ2) is 7.36. The molecule has 0 amide bonds. The first-order valence-corrected chi connectivity index (χ1v) is 7.73. The summed E-state index contributed by atoms with van der Waals surface area (Å²) in [5.74, 6) is 0. The molecule has 0 saturated heterocycles. The molecule has 1 atom stereocenters. The van der Waals surface area contributed by atoms with E-state index in [4.69, 9.17) is 0 Å². The van der Waals surface area contributed by atoms with Crippen LogP contribution in [0.3, 0.4) is 0 Å². The summed E-state index contributed by atoms with van der Waals surface area (Å²) >= 11 is 0. The lowest BCUT2D eigenvalue weighted by atomic mass is 9.96. The Bertz CT molecular complexity index is 574. The average molecular weight is 286 g/mol. The molecule has 1 unspecified atom stereocenters. The Balaban J connectivity index is 2.09. The van der Waals surface area contributed by atoms with Crippen LogP contribution in [0.15, 0.2) is 24.4 Å². The predicted molar refractivity (Wildman–Crippen MR) is 86.4 cm³/mol. The summed E-state index contributed by atoms with van der Waals surface area (Å²) in [5.41, 5.74) is 5.16. The number of aromatic nitrogens is 3. The van der Waals surface area contributed by atoms with Crippen molar-refractivity contribution < 1.29 is 0 Å². The molecule has 2 aromatic rings. The molecule has 0 aliphatic rings. The lowest BCUT2D eigenvalue weighted by Crippen LogP contribution is -2.34. The van der Waals surface area contributed by atoms with Gasteiger partial charge in [-0.05, 0) is 44.4 Å². The highest BCUT2D eigenvalue weighted by Gasteiger charge is 2.13. The molecule has 0 radical (unpaired) electrons. The summed E-state index contributed by atoms with van der Waals surface area (Å²) in [6.07, 6.45) is 5.10.